The van der Waals surface area contributed by atoms with E-state index in [9.17, 15) is 9.59 Å². The fraction of sp³-hybridized carbons (Fsp3) is 0.273. The highest BCUT2D eigenvalue weighted by atomic mass is 16.2. The summed E-state index contributed by atoms with van der Waals surface area (Å²) in [4.78, 5) is 28.7. The number of nitrogens with one attached hydrogen (secondary N) is 1. The highest BCUT2D eigenvalue weighted by Crippen LogP contribution is 2.40. The average molecular weight is 402 g/mol. The molecule has 8 heteroatoms. The Labute approximate surface area is 174 Å². The van der Waals surface area contributed by atoms with Crippen molar-refractivity contribution in [1.82, 2.24) is 25.0 Å². The van der Waals surface area contributed by atoms with Crippen molar-refractivity contribution in [3.63, 3.8) is 0 Å². The average Bonchev–Trinajstić information content (AvgIpc) is 3.33. The normalized spacial score (nSPS) is 20.2. The second kappa shape index (κ2) is 7.29. The second-order valence-electron chi connectivity index (χ2n) is 7.61. The molecule has 3 amide bonds. The van der Waals surface area contributed by atoms with Gasteiger partial charge in [0.05, 0.1) is 0 Å². The smallest absolute Gasteiger partial charge is 0.325 e. The quantitative estimate of drug-likeness (QED) is 0.709. The first kappa shape index (κ1) is 18.4. The van der Waals surface area contributed by atoms with Gasteiger partial charge in [-0.05, 0) is 18.4 Å². The summed E-state index contributed by atoms with van der Waals surface area (Å²) in [5, 5.41) is 11.3. The number of imide groups is 1. The van der Waals surface area contributed by atoms with Gasteiger partial charge in [0.2, 0.25) is 5.95 Å². The van der Waals surface area contributed by atoms with E-state index in [4.69, 9.17) is 0 Å². The van der Waals surface area contributed by atoms with Gasteiger partial charge in [0.15, 0.2) is 11.9 Å². The minimum absolute atomic E-state index is 0.299. The predicted octanol–water partition coefficient (Wildman–Crippen LogP) is 2.45. The van der Waals surface area contributed by atoms with Crippen molar-refractivity contribution in [3.8, 4) is 11.4 Å². The third-order valence-electron chi connectivity index (χ3n) is 5.77. The van der Waals surface area contributed by atoms with Crippen LogP contribution in [0.3, 0.4) is 0 Å². The van der Waals surface area contributed by atoms with Crippen molar-refractivity contribution in [2.24, 2.45) is 0 Å². The first-order valence-corrected chi connectivity index (χ1v) is 10.0. The molecule has 5 rings (SSSR count). The third kappa shape index (κ3) is 2.92. The molecule has 0 bridgehead atoms. The van der Waals surface area contributed by atoms with E-state index in [1.807, 2.05) is 58.0 Å². The van der Waals surface area contributed by atoms with E-state index in [0.717, 1.165) is 18.4 Å². The van der Waals surface area contributed by atoms with Crippen LogP contribution in [0.25, 0.3) is 11.4 Å². The summed E-state index contributed by atoms with van der Waals surface area (Å²) in [6, 6.07) is 19.0. The number of hydrogen-bond donors (Lipinski definition) is 1. The lowest BCUT2D eigenvalue weighted by atomic mass is 10.1. The minimum atomic E-state index is -0.531. The molecule has 1 fully saturated rings. The number of hydrogen-bond acceptors (Lipinski definition) is 5. The molecule has 3 heterocycles. The molecule has 2 aromatic carbocycles. The Hall–Kier alpha value is -3.68. The maximum Gasteiger partial charge on any atom is 0.325 e. The molecule has 2 aliphatic heterocycles. The summed E-state index contributed by atoms with van der Waals surface area (Å²) < 4.78 is 1.92. The number of amides is 3. The van der Waals surface area contributed by atoms with Gasteiger partial charge >= 0.3 is 6.03 Å². The fourth-order valence-electron chi connectivity index (χ4n) is 4.32. The first-order chi connectivity index (χ1) is 14.6. The molecule has 1 saturated heterocycles. The Morgan fingerprint density at radius 3 is 2.40 bits per heavy atom. The zero-order valence-corrected chi connectivity index (χ0v) is 16.6. The number of fused-ring (bicyclic) bond motifs is 3. The summed E-state index contributed by atoms with van der Waals surface area (Å²) in [6.45, 7) is 0.637. The largest absolute Gasteiger partial charge is 0.325 e. The van der Waals surface area contributed by atoms with Gasteiger partial charge in [-0.1, -0.05) is 60.7 Å². The molecule has 2 unspecified atom stereocenters. The zero-order chi connectivity index (χ0) is 20.7. The standard InChI is InChI=1S/C22H22N6O2/c1-26-20-17(19(29)23-22(26)30)27(14-8-11-15-9-4-2-5-10-15)21-25-24-18(28(20)21)16-12-6-3-7-13-16/h2-7,9-10,12-13,17,20H,8,11,14H2,1H3,(H,23,29,30). The van der Waals surface area contributed by atoms with Crippen molar-refractivity contribution >= 4 is 17.9 Å². The van der Waals surface area contributed by atoms with E-state index in [2.05, 4.69) is 27.6 Å². The predicted molar refractivity (Wildman–Crippen MR) is 112 cm³/mol. The summed E-state index contributed by atoms with van der Waals surface area (Å²) in [5.74, 6) is 0.974. The number of carbonyl (C=O) groups is 2. The maximum atomic E-state index is 12.8. The topological polar surface area (TPSA) is 83.4 Å². The summed E-state index contributed by atoms with van der Waals surface area (Å²) >= 11 is 0. The van der Waals surface area contributed by atoms with Crippen molar-refractivity contribution in [2.75, 3.05) is 18.5 Å². The summed E-state index contributed by atoms with van der Waals surface area (Å²) in [7, 11) is 1.70. The Morgan fingerprint density at radius 2 is 1.67 bits per heavy atom. The van der Waals surface area contributed by atoms with Crippen molar-refractivity contribution in [1.29, 1.82) is 0 Å². The van der Waals surface area contributed by atoms with Crippen LogP contribution in [0.15, 0.2) is 60.7 Å². The minimum Gasteiger partial charge on any atom is -0.325 e. The number of carbonyl (C=O) groups excluding carboxylic acids is 2. The highest BCUT2D eigenvalue weighted by molar-refractivity contribution is 6.02. The van der Waals surface area contributed by atoms with Crippen molar-refractivity contribution < 1.29 is 9.59 Å². The van der Waals surface area contributed by atoms with E-state index >= 15 is 0 Å². The number of rotatable bonds is 5. The number of likely N-dealkylation sites (N-methyl/N-ethyl adjacent to an activating group) is 1. The number of aryl methyl sites for hydroxylation is 1. The number of urea groups is 1. The molecule has 3 aromatic rings. The molecule has 0 saturated carbocycles. The SMILES string of the molecule is CN1C(=O)NC(=O)C2C1n1c(-c3ccccc3)nnc1N2CCCc1ccccc1. The van der Waals surface area contributed by atoms with Gasteiger partial charge in [-0.2, -0.15) is 0 Å². The molecule has 30 heavy (non-hydrogen) atoms. The van der Waals surface area contributed by atoms with Gasteiger partial charge in [0.25, 0.3) is 5.91 Å². The number of benzene rings is 2. The monoisotopic (exact) mass is 402 g/mol. The number of aromatic nitrogens is 3. The molecule has 0 aliphatic carbocycles. The lowest BCUT2D eigenvalue weighted by molar-refractivity contribution is -0.124. The second-order valence-corrected chi connectivity index (χ2v) is 7.61. The van der Waals surface area contributed by atoms with Crippen LogP contribution in [0.2, 0.25) is 0 Å². The van der Waals surface area contributed by atoms with E-state index in [0.29, 0.717) is 18.3 Å². The van der Waals surface area contributed by atoms with E-state index in [1.165, 1.54) is 5.56 Å². The molecule has 2 atom stereocenters. The molecule has 8 nitrogen and oxygen atoms in total. The van der Waals surface area contributed by atoms with Gasteiger partial charge in [-0.15, -0.1) is 10.2 Å². The highest BCUT2D eigenvalue weighted by Gasteiger charge is 2.52. The van der Waals surface area contributed by atoms with Crippen LogP contribution >= 0.6 is 0 Å². The van der Waals surface area contributed by atoms with Crippen LogP contribution in [0.5, 0.6) is 0 Å². The maximum absolute atomic E-state index is 12.8. The third-order valence-corrected chi connectivity index (χ3v) is 5.77. The summed E-state index contributed by atoms with van der Waals surface area (Å²) in [5.41, 5.74) is 2.15. The van der Waals surface area contributed by atoms with E-state index < -0.39 is 18.2 Å². The van der Waals surface area contributed by atoms with Crippen molar-refractivity contribution in [3.05, 3.63) is 66.2 Å². The Bertz CT molecular complexity index is 1080. The van der Waals surface area contributed by atoms with E-state index in [-0.39, 0.29) is 5.91 Å². The first-order valence-electron chi connectivity index (χ1n) is 10.0. The van der Waals surface area contributed by atoms with Gasteiger partial charge < -0.3 is 9.80 Å². The molecule has 1 N–H and O–H groups in total. The van der Waals surface area contributed by atoms with Crippen LogP contribution in [-0.4, -0.2) is 51.2 Å². The van der Waals surface area contributed by atoms with Crippen LogP contribution in [-0.2, 0) is 11.2 Å². The molecule has 1 aromatic heterocycles. The lowest BCUT2D eigenvalue weighted by Crippen LogP contribution is -2.61. The van der Waals surface area contributed by atoms with E-state index in [1.54, 1.807) is 11.9 Å². The van der Waals surface area contributed by atoms with Gasteiger partial charge in [0.1, 0.15) is 6.17 Å². The zero-order valence-electron chi connectivity index (χ0n) is 16.6. The molecule has 0 radical (unpaired) electrons. The Balaban J connectivity index is 1.50. The fourth-order valence-corrected chi connectivity index (χ4v) is 4.32. The van der Waals surface area contributed by atoms with Crippen molar-refractivity contribution in [2.45, 2.75) is 25.0 Å². The molecule has 152 valence electrons. The number of nitrogens with zero attached hydrogens (tertiary/aromatic N) is 5. The summed E-state index contributed by atoms with van der Waals surface area (Å²) in [6.07, 6.45) is 1.26. The lowest BCUT2D eigenvalue weighted by Gasteiger charge is -2.37. The Kier molecular flexibility index (Phi) is 4.46. The van der Waals surface area contributed by atoms with Crippen LogP contribution in [0.4, 0.5) is 10.7 Å². The van der Waals surface area contributed by atoms with Crippen LogP contribution in [0, 0.1) is 0 Å². The Morgan fingerprint density at radius 1 is 0.967 bits per heavy atom. The molecular formula is C22H22N6O2. The molecule has 2 aliphatic rings. The molecule has 0 spiro atoms. The van der Waals surface area contributed by atoms with Crippen LogP contribution in [0.1, 0.15) is 18.2 Å². The van der Waals surface area contributed by atoms with Crippen LogP contribution < -0.4 is 10.2 Å². The van der Waals surface area contributed by atoms with Gasteiger partial charge in [0, 0.05) is 19.2 Å². The molecular weight excluding hydrogens is 380 g/mol. The van der Waals surface area contributed by atoms with Gasteiger partial charge in [-0.3, -0.25) is 14.7 Å². The number of anilines is 1. The van der Waals surface area contributed by atoms with Gasteiger partial charge in [-0.25, -0.2) is 4.79 Å².